The van der Waals surface area contributed by atoms with Gasteiger partial charge in [-0.15, -0.1) is 0 Å². The van der Waals surface area contributed by atoms with Crippen LogP contribution in [0.2, 0.25) is 0 Å². The molecule has 1 heterocycles. The van der Waals surface area contributed by atoms with Crippen LogP contribution in [-0.4, -0.2) is 10.2 Å². The van der Waals surface area contributed by atoms with Gasteiger partial charge >= 0.3 is 17.0 Å². The van der Waals surface area contributed by atoms with E-state index in [-0.39, 0.29) is 11.4 Å². The molecule has 0 atom stereocenters. The number of nitrogens with one attached hydrogen (secondary N) is 1. The van der Waals surface area contributed by atoms with Gasteiger partial charge in [-0.05, 0) is 9.95 Å². The first kappa shape index (κ1) is 9.13. The second-order valence-electron chi connectivity index (χ2n) is 2.76. The number of H-pyrrole nitrogens is 1. The fraction of sp³-hybridized carbons (Fsp3) is 0. The largest absolute Gasteiger partial charge is 0.427 e. The summed E-state index contributed by atoms with van der Waals surface area (Å²) >= 11 is 0. The van der Waals surface area contributed by atoms with Gasteiger partial charge in [0.25, 0.3) is 6.20 Å². The van der Waals surface area contributed by atoms with Crippen LogP contribution in [0, 0.1) is 10.1 Å². The fourth-order valence-corrected chi connectivity index (χ4v) is 1.19. The van der Waals surface area contributed by atoms with Gasteiger partial charge < -0.3 is 0 Å². The molecule has 2 rings (SSSR count). The predicted molar refractivity (Wildman–Crippen MR) is 47.5 cm³/mol. The van der Waals surface area contributed by atoms with Gasteiger partial charge in [0.1, 0.15) is 0 Å². The summed E-state index contributed by atoms with van der Waals surface area (Å²) < 4.78 is 5.57. The molecule has 0 aliphatic heterocycles. The molecule has 0 saturated carbocycles. The molecule has 0 amide bonds. The lowest BCUT2D eigenvalue weighted by molar-refractivity contribution is -0.673. The summed E-state index contributed by atoms with van der Waals surface area (Å²) in [6, 6.07) is 6.01. The van der Waals surface area contributed by atoms with Crippen molar-refractivity contribution in [1.29, 1.82) is 0 Å². The Morgan fingerprint density at radius 2 is 2.13 bits per heavy atom. The van der Waals surface area contributed by atoms with E-state index in [1.165, 1.54) is 12.1 Å². The first-order valence-electron chi connectivity index (χ1n) is 4.02. The van der Waals surface area contributed by atoms with Gasteiger partial charge in [0.2, 0.25) is 0 Å². The van der Waals surface area contributed by atoms with Crippen LogP contribution >= 0.6 is 0 Å². The van der Waals surface area contributed by atoms with E-state index in [0.717, 1.165) is 10.9 Å². The summed E-state index contributed by atoms with van der Waals surface area (Å²) in [6.45, 7) is 0. The third-order valence-corrected chi connectivity index (χ3v) is 1.82. The minimum atomic E-state index is -0.604. The molecule has 0 saturated heterocycles. The molecule has 2 aromatic rings. The van der Waals surface area contributed by atoms with E-state index in [9.17, 15) is 14.9 Å². The molecule has 0 aliphatic carbocycles. The Morgan fingerprint density at radius 3 is 2.73 bits per heavy atom. The average molecular weight is 208 g/mol. The molecule has 0 fully saturated rings. The van der Waals surface area contributed by atoms with Crippen LogP contribution in [0.15, 0.2) is 39.8 Å². The molecular formula is C8H6N3O4+. The number of nitro groups is 1. The molecule has 0 aliphatic rings. The normalized spacial score (nSPS) is 10.1. The minimum absolute atomic E-state index is 0.112. The maximum Gasteiger partial charge on any atom is 0.427 e. The summed E-state index contributed by atoms with van der Waals surface area (Å²) in [7, 11) is 0. The molecule has 7 heteroatoms. The van der Waals surface area contributed by atoms with Gasteiger partial charge in [0.05, 0.1) is 4.92 Å². The molecule has 1 aromatic heterocycles. The highest BCUT2D eigenvalue weighted by Crippen LogP contribution is 2.16. The summed E-state index contributed by atoms with van der Waals surface area (Å²) in [6.07, 6.45) is 1.09. The number of nitrogens with zero attached hydrogens (tertiary/aromatic N) is 2. The lowest BCUT2D eigenvalue weighted by Gasteiger charge is -1.91. The van der Waals surface area contributed by atoms with Gasteiger partial charge in [-0.1, -0.05) is 12.1 Å². The van der Waals surface area contributed by atoms with Crippen LogP contribution in [0.1, 0.15) is 0 Å². The number of para-hydroxylation sites is 2. The van der Waals surface area contributed by atoms with Crippen LogP contribution in [-0.2, 0) is 0 Å². The monoisotopic (exact) mass is 208 g/mol. The topological polar surface area (TPSA) is 93.0 Å². The molecule has 0 spiro atoms. The maximum atomic E-state index is 10.8. The highest BCUT2D eigenvalue weighted by Gasteiger charge is 2.23. The molecule has 76 valence electrons. The van der Waals surface area contributed by atoms with E-state index < -0.39 is 10.5 Å². The highest BCUT2D eigenvalue weighted by atomic mass is 16.6. The minimum Gasteiger partial charge on any atom is -0.283 e. The molecule has 15 heavy (non-hydrogen) atoms. The van der Waals surface area contributed by atoms with Crippen molar-refractivity contribution in [3.05, 3.63) is 51.0 Å². The van der Waals surface area contributed by atoms with Crippen molar-refractivity contribution in [3.63, 3.8) is 0 Å². The van der Waals surface area contributed by atoms with Crippen molar-refractivity contribution in [1.82, 2.24) is 5.27 Å². The van der Waals surface area contributed by atoms with E-state index in [1.54, 1.807) is 12.1 Å². The summed E-state index contributed by atoms with van der Waals surface area (Å²) in [5.41, 5.74) is -0.471. The molecule has 0 unspecified atom stereocenters. The van der Waals surface area contributed by atoms with Crippen molar-refractivity contribution in [2.45, 2.75) is 0 Å². The Kier molecular flexibility index (Phi) is 2.05. The smallest absolute Gasteiger partial charge is 0.283 e. The van der Waals surface area contributed by atoms with Crippen LogP contribution in [0.25, 0.3) is 5.69 Å². The second kappa shape index (κ2) is 3.37. The van der Waals surface area contributed by atoms with Crippen molar-refractivity contribution >= 4 is 5.69 Å². The van der Waals surface area contributed by atoms with Crippen LogP contribution in [0.3, 0.4) is 0 Å². The molecule has 0 bridgehead atoms. The summed E-state index contributed by atoms with van der Waals surface area (Å²) in [5, 5.41) is 12.9. The first-order valence-corrected chi connectivity index (χ1v) is 4.02. The summed E-state index contributed by atoms with van der Waals surface area (Å²) in [4.78, 5) is 20.9. The highest BCUT2D eigenvalue weighted by molar-refractivity contribution is 5.45. The quantitative estimate of drug-likeness (QED) is 0.432. The van der Waals surface area contributed by atoms with Crippen molar-refractivity contribution in [2.75, 3.05) is 0 Å². The van der Waals surface area contributed by atoms with E-state index in [1.807, 2.05) is 0 Å². The van der Waals surface area contributed by atoms with Crippen LogP contribution in [0.5, 0.6) is 0 Å². The second-order valence-corrected chi connectivity index (χ2v) is 2.76. The summed E-state index contributed by atoms with van der Waals surface area (Å²) in [5.74, 6) is 0. The number of aromatic amines is 1. The van der Waals surface area contributed by atoms with Crippen molar-refractivity contribution in [2.24, 2.45) is 0 Å². The lowest BCUT2D eigenvalue weighted by atomic mass is 10.3. The molecule has 1 aromatic carbocycles. The zero-order chi connectivity index (χ0) is 10.8. The zero-order valence-corrected chi connectivity index (χ0v) is 7.41. The van der Waals surface area contributed by atoms with Gasteiger partial charge in [-0.25, -0.2) is 4.79 Å². The van der Waals surface area contributed by atoms with Crippen LogP contribution < -0.4 is 10.3 Å². The van der Waals surface area contributed by atoms with E-state index in [2.05, 4.69) is 9.79 Å². The number of aromatic nitrogens is 2. The Labute approximate surface area is 82.7 Å². The molecule has 1 N–H and O–H groups in total. The third-order valence-electron chi connectivity index (χ3n) is 1.82. The zero-order valence-electron chi connectivity index (χ0n) is 7.41. The molecule has 7 nitrogen and oxygen atoms in total. The lowest BCUT2D eigenvalue weighted by Crippen LogP contribution is -2.33. The Bertz CT molecular complexity index is 557. The molecular weight excluding hydrogens is 202 g/mol. The Balaban J connectivity index is 2.62. The van der Waals surface area contributed by atoms with Crippen molar-refractivity contribution in [3.8, 4) is 5.69 Å². The number of hydrogen-bond donors (Lipinski definition) is 1. The fourth-order valence-electron chi connectivity index (χ4n) is 1.19. The third kappa shape index (κ3) is 1.62. The van der Waals surface area contributed by atoms with E-state index >= 15 is 0 Å². The van der Waals surface area contributed by atoms with E-state index in [0.29, 0.717) is 0 Å². The first-order chi connectivity index (χ1) is 7.18. The standard InChI is InChI=1S/C8H5N3O4/c12-8-5-10(9-15-8)6-3-1-2-4-7(6)11(13)14/h1-5H/p+1. The Morgan fingerprint density at radius 1 is 1.40 bits per heavy atom. The maximum absolute atomic E-state index is 10.8. The van der Waals surface area contributed by atoms with Gasteiger partial charge in [0, 0.05) is 12.1 Å². The van der Waals surface area contributed by atoms with E-state index in [4.69, 9.17) is 0 Å². The predicted octanol–water partition coefficient (Wildman–Crippen LogP) is 0.153. The van der Waals surface area contributed by atoms with Gasteiger partial charge in [-0.2, -0.15) is 0 Å². The number of benzene rings is 1. The Hall–Kier alpha value is -2.44. The van der Waals surface area contributed by atoms with Crippen molar-refractivity contribution < 1.29 is 14.1 Å². The number of rotatable bonds is 2. The molecule has 0 radical (unpaired) electrons. The number of nitro benzene ring substituents is 1. The average Bonchev–Trinajstić information content (AvgIpc) is 2.65. The van der Waals surface area contributed by atoms with Gasteiger partial charge in [-0.3, -0.25) is 14.6 Å². The van der Waals surface area contributed by atoms with Crippen LogP contribution in [0.4, 0.5) is 5.69 Å². The number of hydrogen-bond acceptors (Lipinski definition) is 4. The SMILES string of the molecule is O=c1c[n+](-c2ccccc2[N+](=O)[O-])[nH]o1. The van der Waals surface area contributed by atoms with Gasteiger partial charge in [0.15, 0.2) is 0 Å².